The molecule has 1 aliphatic heterocycles. The van der Waals surface area contributed by atoms with Crippen molar-refractivity contribution in [2.24, 2.45) is 0 Å². The zero-order chi connectivity index (χ0) is 15.9. The fraction of sp³-hybridized carbons (Fsp3) is 0.389. The number of piperidine rings is 1. The molecular weight excluding hydrogens is 324 g/mol. The summed E-state index contributed by atoms with van der Waals surface area (Å²) in [5.74, 6) is 0.724. The molecule has 3 nitrogen and oxygen atoms in total. The number of likely N-dealkylation sites (tertiary alicyclic amines) is 1. The van der Waals surface area contributed by atoms with Gasteiger partial charge in [-0.1, -0.05) is 12.1 Å². The molecule has 1 saturated heterocycles. The highest BCUT2D eigenvalue weighted by Crippen LogP contribution is 2.30. The van der Waals surface area contributed by atoms with Gasteiger partial charge in [0.2, 0.25) is 5.91 Å². The average Bonchev–Trinajstić information content (AvgIpc) is 3.27. The van der Waals surface area contributed by atoms with Gasteiger partial charge in [-0.25, -0.2) is 0 Å². The molecule has 2 aromatic heterocycles. The van der Waals surface area contributed by atoms with Crippen LogP contribution in [0.1, 0.15) is 28.5 Å². The van der Waals surface area contributed by atoms with Crippen molar-refractivity contribution in [3.63, 3.8) is 0 Å². The molecule has 0 saturated carbocycles. The first kappa shape index (κ1) is 16.4. The molecule has 0 unspecified atom stereocenters. The Kier molecular flexibility index (Phi) is 6.02. The van der Waals surface area contributed by atoms with Crippen molar-refractivity contribution in [3.05, 3.63) is 50.9 Å². The number of carbonyl (C=O) groups is 1. The van der Waals surface area contributed by atoms with Gasteiger partial charge in [0.1, 0.15) is 0 Å². The molecule has 0 spiro atoms. The highest BCUT2D eigenvalue weighted by atomic mass is 32.1. The van der Waals surface area contributed by atoms with Crippen LogP contribution in [0.2, 0.25) is 0 Å². The lowest BCUT2D eigenvalue weighted by Crippen LogP contribution is -2.38. The number of thiophene rings is 2. The van der Waals surface area contributed by atoms with E-state index < -0.39 is 0 Å². The minimum absolute atomic E-state index is 0.00753. The molecule has 0 aliphatic carbocycles. The third-order valence-corrected chi connectivity index (χ3v) is 6.07. The van der Waals surface area contributed by atoms with Crippen LogP contribution in [0, 0.1) is 0 Å². The average molecular weight is 347 g/mol. The first-order valence-electron chi connectivity index (χ1n) is 8.06. The molecule has 3 rings (SSSR count). The van der Waals surface area contributed by atoms with Crippen LogP contribution in [0.25, 0.3) is 6.08 Å². The van der Waals surface area contributed by atoms with Crippen molar-refractivity contribution in [1.29, 1.82) is 0 Å². The van der Waals surface area contributed by atoms with Crippen molar-refractivity contribution >= 4 is 34.7 Å². The van der Waals surface area contributed by atoms with Crippen LogP contribution >= 0.6 is 22.7 Å². The maximum atomic E-state index is 11.8. The standard InChI is InChI=1S/C18H22N2OS2/c21-18(6-5-16-3-1-13-22-16)19-9-12-20-10-7-15(8-11-20)17-4-2-14-23-17/h1-6,13-15H,7-12H2,(H,19,21)/b6-5+. The largest absolute Gasteiger partial charge is 0.351 e. The minimum Gasteiger partial charge on any atom is -0.351 e. The zero-order valence-electron chi connectivity index (χ0n) is 13.1. The van der Waals surface area contributed by atoms with Crippen LogP contribution in [0.3, 0.4) is 0 Å². The Morgan fingerprint density at radius 1 is 1.22 bits per heavy atom. The van der Waals surface area contributed by atoms with Gasteiger partial charge in [-0.15, -0.1) is 22.7 Å². The molecule has 2 aromatic rings. The van der Waals surface area contributed by atoms with Crippen LogP contribution in [-0.4, -0.2) is 37.0 Å². The van der Waals surface area contributed by atoms with Crippen molar-refractivity contribution in [2.45, 2.75) is 18.8 Å². The summed E-state index contributed by atoms with van der Waals surface area (Å²) in [7, 11) is 0. The smallest absolute Gasteiger partial charge is 0.244 e. The summed E-state index contributed by atoms with van der Waals surface area (Å²) in [5.41, 5.74) is 0. The van der Waals surface area contributed by atoms with Gasteiger partial charge in [0.05, 0.1) is 0 Å². The van der Waals surface area contributed by atoms with Gasteiger partial charge in [-0.2, -0.15) is 0 Å². The van der Waals surface area contributed by atoms with Crippen LogP contribution < -0.4 is 5.32 Å². The fourth-order valence-corrected chi connectivity index (χ4v) is 4.42. The van der Waals surface area contributed by atoms with Gasteiger partial charge in [-0.3, -0.25) is 4.79 Å². The summed E-state index contributed by atoms with van der Waals surface area (Å²) in [6, 6.07) is 8.39. The fourth-order valence-electron chi connectivity index (χ4n) is 2.90. The van der Waals surface area contributed by atoms with Crippen LogP contribution in [0.15, 0.2) is 41.1 Å². The van der Waals surface area contributed by atoms with E-state index >= 15 is 0 Å². The third kappa shape index (κ3) is 5.03. The topological polar surface area (TPSA) is 32.3 Å². The minimum atomic E-state index is -0.00753. The van der Waals surface area contributed by atoms with E-state index in [2.05, 4.69) is 27.7 Å². The van der Waals surface area contributed by atoms with E-state index in [0.29, 0.717) is 0 Å². The van der Waals surface area contributed by atoms with E-state index in [1.165, 1.54) is 17.7 Å². The maximum Gasteiger partial charge on any atom is 0.244 e. The molecule has 0 aromatic carbocycles. The quantitative estimate of drug-likeness (QED) is 0.807. The van der Waals surface area contributed by atoms with Gasteiger partial charge in [0, 0.05) is 28.9 Å². The lowest BCUT2D eigenvalue weighted by Gasteiger charge is -2.31. The summed E-state index contributed by atoms with van der Waals surface area (Å²) < 4.78 is 0. The molecule has 0 atom stereocenters. The van der Waals surface area contributed by atoms with Crippen molar-refractivity contribution in [1.82, 2.24) is 10.2 Å². The summed E-state index contributed by atoms with van der Waals surface area (Å²) in [6.45, 7) is 3.92. The summed E-state index contributed by atoms with van der Waals surface area (Å²) in [6.07, 6.45) is 5.95. The molecule has 5 heteroatoms. The second-order valence-corrected chi connectivity index (χ2v) is 7.73. The molecule has 0 radical (unpaired) electrons. The summed E-state index contributed by atoms with van der Waals surface area (Å²) in [4.78, 5) is 16.9. The van der Waals surface area contributed by atoms with E-state index in [1.807, 2.05) is 34.9 Å². The highest BCUT2D eigenvalue weighted by molar-refractivity contribution is 7.10. The van der Waals surface area contributed by atoms with E-state index in [-0.39, 0.29) is 5.91 Å². The molecule has 1 aliphatic rings. The van der Waals surface area contributed by atoms with Crippen LogP contribution in [0.4, 0.5) is 0 Å². The molecule has 23 heavy (non-hydrogen) atoms. The summed E-state index contributed by atoms with van der Waals surface area (Å²) in [5, 5.41) is 7.15. The summed E-state index contributed by atoms with van der Waals surface area (Å²) >= 11 is 3.51. The predicted molar refractivity (Wildman–Crippen MR) is 99.1 cm³/mol. The molecule has 3 heterocycles. The molecule has 0 bridgehead atoms. The number of amides is 1. The Balaban J connectivity index is 1.33. The first-order valence-corrected chi connectivity index (χ1v) is 9.82. The number of hydrogen-bond acceptors (Lipinski definition) is 4. The molecule has 1 N–H and O–H groups in total. The normalized spacial score (nSPS) is 16.9. The van der Waals surface area contributed by atoms with Gasteiger partial charge in [0.25, 0.3) is 0 Å². The van der Waals surface area contributed by atoms with Gasteiger partial charge >= 0.3 is 0 Å². The van der Waals surface area contributed by atoms with Gasteiger partial charge < -0.3 is 10.2 Å². The number of nitrogens with zero attached hydrogens (tertiary/aromatic N) is 1. The highest BCUT2D eigenvalue weighted by Gasteiger charge is 2.20. The predicted octanol–water partition coefficient (Wildman–Crippen LogP) is 3.82. The molecule has 1 fully saturated rings. The van der Waals surface area contributed by atoms with Crippen molar-refractivity contribution in [2.75, 3.05) is 26.2 Å². The number of hydrogen-bond donors (Lipinski definition) is 1. The second kappa shape index (κ2) is 8.43. The third-order valence-electron chi connectivity index (χ3n) is 4.20. The van der Waals surface area contributed by atoms with E-state index in [1.54, 1.807) is 17.4 Å². The van der Waals surface area contributed by atoms with Crippen LogP contribution in [-0.2, 0) is 4.79 Å². The van der Waals surface area contributed by atoms with Gasteiger partial charge in [0.15, 0.2) is 0 Å². The zero-order valence-corrected chi connectivity index (χ0v) is 14.7. The monoisotopic (exact) mass is 346 g/mol. The van der Waals surface area contributed by atoms with E-state index in [0.717, 1.165) is 37.0 Å². The second-order valence-electron chi connectivity index (χ2n) is 5.77. The lowest BCUT2D eigenvalue weighted by atomic mass is 9.95. The maximum absolute atomic E-state index is 11.8. The van der Waals surface area contributed by atoms with Crippen molar-refractivity contribution in [3.8, 4) is 0 Å². The Morgan fingerprint density at radius 3 is 2.70 bits per heavy atom. The van der Waals surface area contributed by atoms with Crippen molar-refractivity contribution < 1.29 is 4.79 Å². The van der Waals surface area contributed by atoms with Crippen LogP contribution in [0.5, 0.6) is 0 Å². The lowest BCUT2D eigenvalue weighted by molar-refractivity contribution is -0.116. The Labute approximate surface area is 145 Å². The molecule has 1 amide bonds. The Morgan fingerprint density at radius 2 is 2.00 bits per heavy atom. The number of nitrogens with one attached hydrogen (secondary N) is 1. The first-order chi connectivity index (χ1) is 11.3. The Bertz CT molecular complexity index is 612. The molecular formula is C18H22N2OS2. The van der Waals surface area contributed by atoms with E-state index in [9.17, 15) is 4.79 Å². The number of carbonyl (C=O) groups excluding carboxylic acids is 1. The van der Waals surface area contributed by atoms with E-state index in [4.69, 9.17) is 0 Å². The number of rotatable bonds is 6. The molecule has 122 valence electrons. The Hall–Kier alpha value is -1.43. The van der Waals surface area contributed by atoms with Gasteiger partial charge in [-0.05, 0) is 60.8 Å². The SMILES string of the molecule is O=C(/C=C/c1cccs1)NCCN1CCC(c2cccs2)CC1.